The number of hydrogen-bond acceptors (Lipinski definition) is 3. The van der Waals surface area contributed by atoms with Crippen LogP contribution in [0.2, 0.25) is 0 Å². The predicted octanol–water partition coefficient (Wildman–Crippen LogP) is 4.42. The Morgan fingerprint density at radius 1 is 1.21 bits per heavy atom. The van der Waals surface area contributed by atoms with Crippen LogP contribution in [0.3, 0.4) is 0 Å². The Labute approximate surface area is 147 Å². The van der Waals surface area contributed by atoms with Gasteiger partial charge in [-0.05, 0) is 55.5 Å². The number of carbonyl (C=O) groups excluding carboxylic acids is 2. The molecule has 0 heterocycles. The lowest BCUT2D eigenvalue weighted by molar-refractivity contribution is -0.111. The molecule has 1 amide bonds. The van der Waals surface area contributed by atoms with E-state index in [-0.39, 0.29) is 0 Å². The van der Waals surface area contributed by atoms with Crippen LogP contribution in [0.5, 0.6) is 0 Å². The van der Waals surface area contributed by atoms with Crippen LogP contribution in [0.1, 0.15) is 22.8 Å². The normalized spacial score (nSPS) is 10.6. The van der Waals surface area contributed by atoms with Gasteiger partial charge in [-0.15, -0.1) is 0 Å². The summed E-state index contributed by atoms with van der Waals surface area (Å²) in [4.78, 5) is 23.4. The molecule has 0 fully saturated rings. The summed E-state index contributed by atoms with van der Waals surface area (Å²) >= 11 is 3.25. The standard InChI is InChI=1S/C18H15BrFNO3/c1-2-24-18(23)12-3-7-15(8-4-12)21-17(22)10-5-13-11-14(19)6-9-16(13)20/h3-11H,2H2,1H3,(H,21,22)/b10-5+. The highest BCUT2D eigenvalue weighted by Gasteiger charge is 2.06. The Morgan fingerprint density at radius 3 is 2.58 bits per heavy atom. The SMILES string of the molecule is CCOC(=O)c1ccc(NC(=O)/C=C/c2cc(Br)ccc2F)cc1. The molecule has 2 aromatic rings. The van der Waals surface area contributed by atoms with E-state index in [0.29, 0.717) is 23.4 Å². The van der Waals surface area contributed by atoms with Gasteiger partial charge >= 0.3 is 5.97 Å². The van der Waals surface area contributed by atoms with E-state index in [1.165, 1.54) is 18.2 Å². The largest absolute Gasteiger partial charge is 0.462 e. The number of amides is 1. The summed E-state index contributed by atoms with van der Waals surface area (Å²) in [7, 11) is 0. The molecule has 0 spiro atoms. The Kier molecular flexibility index (Phi) is 6.26. The van der Waals surface area contributed by atoms with Crippen molar-refractivity contribution in [2.45, 2.75) is 6.92 Å². The smallest absolute Gasteiger partial charge is 0.338 e. The maximum absolute atomic E-state index is 13.6. The third kappa shape index (κ3) is 5.03. The van der Waals surface area contributed by atoms with Gasteiger partial charge in [-0.1, -0.05) is 15.9 Å². The fourth-order valence-electron chi connectivity index (χ4n) is 1.90. The molecule has 0 saturated heterocycles. The molecule has 0 aliphatic carbocycles. The zero-order valence-electron chi connectivity index (χ0n) is 12.9. The fourth-order valence-corrected chi connectivity index (χ4v) is 2.27. The van der Waals surface area contributed by atoms with Gasteiger partial charge in [0, 0.05) is 21.8 Å². The zero-order valence-corrected chi connectivity index (χ0v) is 14.5. The molecule has 0 aliphatic rings. The van der Waals surface area contributed by atoms with Crippen molar-refractivity contribution in [1.29, 1.82) is 0 Å². The molecule has 0 saturated carbocycles. The van der Waals surface area contributed by atoms with Crippen LogP contribution < -0.4 is 5.32 Å². The first-order chi connectivity index (χ1) is 11.5. The first-order valence-corrected chi connectivity index (χ1v) is 8.00. The second kappa shape index (κ2) is 8.40. The average Bonchev–Trinajstić information content (AvgIpc) is 2.56. The van der Waals surface area contributed by atoms with Crippen LogP contribution in [0.25, 0.3) is 6.08 Å². The van der Waals surface area contributed by atoms with Crippen molar-refractivity contribution >= 4 is 39.6 Å². The number of nitrogens with one attached hydrogen (secondary N) is 1. The molecule has 0 aromatic heterocycles. The van der Waals surface area contributed by atoms with Gasteiger partial charge in [-0.25, -0.2) is 9.18 Å². The van der Waals surface area contributed by atoms with E-state index in [1.807, 2.05) is 0 Å². The first kappa shape index (κ1) is 17.9. The van der Waals surface area contributed by atoms with Crippen molar-refractivity contribution in [3.05, 3.63) is 70.0 Å². The molecular formula is C18H15BrFNO3. The average molecular weight is 392 g/mol. The quantitative estimate of drug-likeness (QED) is 0.606. The van der Waals surface area contributed by atoms with E-state index in [0.717, 1.165) is 4.47 Å². The second-order valence-electron chi connectivity index (χ2n) is 4.79. The molecule has 6 heteroatoms. The molecule has 2 aromatic carbocycles. The monoisotopic (exact) mass is 391 g/mol. The molecule has 0 unspecified atom stereocenters. The molecule has 0 atom stereocenters. The number of ether oxygens (including phenoxy) is 1. The van der Waals surface area contributed by atoms with Crippen molar-refractivity contribution < 1.29 is 18.7 Å². The van der Waals surface area contributed by atoms with Crippen LogP contribution >= 0.6 is 15.9 Å². The van der Waals surface area contributed by atoms with E-state index >= 15 is 0 Å². The lowest BCUT2D eigenvalue weighted by Crippen LogP contribution is -2.09. The van der Waals surface area contributed by atoms with Gasteiger partial charge in [0.2, 0.25) is 5.91 Å². The van der Waals surface area contributed by atoms with Crippen molar-refractivity contribution in [3.8, 4) is 0 Å². The van der Waals surface area contributed by atoms with Gasteiger partial charge in [0.05, 0.1) is 12.2 Å². The highest BCUT2D eigenvalue weighted by Crippen LogP contribution is 2.17. The molecular weight excluding hydrogens is 377 g/mol. The number of carbonyl (C=O) groups is 2. The summed E-state index contributed by atoms with van der Waals surface area (Å²) in [6, 6.07) is 10.8. The van der Waals surface area contributed by atoms with E-state index in [9.17, 15) is 14.0 Å². The van der Waals surface area contributed by atoms with Gasteiger partial charge in [0.25, 0.3) is 0 Å². The number of halogens is 2. The molecule has 0 bridgehead atoms. The van der Waals surface area contributed by atoms with Crippen LogP contribution in [-0.4, -0.2) is 18.5 Å². The maximum Gasteiger partial charge on any atom is 0.338 e. The third-order valence-corrected chi connectivity index (χ3v) is 3.53. The van der Waals surface area contributed by atoms with E-state index < -0.39 is 17.7 Å². The summed E-state index contributed by atoms with van der Waals surface area (Å²) in [6.07, 6.45) is 2.63. The van der Waals surface area contributed by atoms with Gasteiger partial charge in [-0.3, -0.25) is 4.79 Å². The van der Waals surface area contributed by atoms with Gasteiger partial charge in [0.1, 0.15) is 5.82 Å². The fraction of sp³-hybridized carbons (Fsp3) is 0.111. The van der Waals surface area contributed by atoms with E-state index in [1.54, 1.807) is 43.3 Å². The van der Waals surface area contributed by atoms with Crippen LogP contribution in [-0.2, 0) is 9.53 Å². The lowest BCUT2D eigenvalue weighted by Gasteiger charge is -2.04. The van der Waals surface area contributed by atoms with Crippen molar-refractivity contribution in [2.24, 2.45) is 0 Å². The minimum atomic E-state index is -0.416. The molecule has 0 radical (unpaired) electrons. The molecule has 0 aliphatic heterocycles. The second-order valence-corrected chi connectivity index (χ2v) is 5.70. The molecule has 24 heavy (non-hydrogen) atoms. The summed E-state index contributed by atoms with van der Waals surface area (Å²) in [5.74, 6) is -1.24. The van der Waals surface area contributed by atoms with Gasteiger partial charge < -0.3 is 10.1 Å². The highest BCUT2D eigenvalue weighted by molar-refractivity contribution is 9.10. The van der Waals surface area contributed by atoms with Crippen molar-refractivity contribution in [3.63, 3.8) is 0 Å². The van der Waals surface area contributed by atoms with Crippen LogP contribution in [0.15, 0.2) is 53.0 Å². The predicted molar refractivity (Wildman–Crippen MR) is 94.2 cm³/mol. The number of rotatable bonds is 5. The number of hydrogen-bond donors (Lipinski definition) is 1. The van der Waals surface area contributed by atoms with Gasteiger partial charge in [0.15, 0.2) is 0 Å². The number of anilines is 1. The highest BCUT2D eigenvalue weighted by atomic mass is 79.9. The third-order valence-electron chi connectivity index (χ3n) is 3.04. The van der Waals surface area contributed by atoms with Crippen LogP contribution in [0.4, 0.5) is 10.1 Å². The maximum atomic E-state index is 13.6. The van der Waals surface area contributed by atoms with Gasteiger partial charge in [-0.2, -0.15) is 0 Å². The minimum absolute atomic E-state index is 0.300. The van der Waals surface area contributed by atoms with E-state index in [2.05, 4.69) is 21.2 Å². The molecule has 1 N–H and O–H groups in total. The Balaban J connectivity index is 2.00. The first-order valence-electron chi connectivity index (χ1n) is 7.21. The topological polar surface area (TPSA) is 55.4 Å². The van der Waals surface area contributed by atoms with E-state index in [4.69, 9.17) is 4.74 Å². The summed E-state index contributed by atoms with van der Waals surface area (Å²) in [6.45, 7) is 2.03. The molecule has 2 rings (SSSR count). The number of esters is 1. The summed E-state index contributed by atoms with van der Waals surface area (Å²) in [5, 5.41) is 2.63. The summed E-state index contributed by atoms with van der Waals surface area (Å²) < 4.78 is 19.2. The lowest BCUT2D eigenvalue weighted by atomic mass is 10.2. The van der Waals surface area contributed by atoms with Crippen LogP contribution in [0, 0.1) is 5.82 Å². The molecule has 124 valence electrons. The number of benzene rings is 2. The molecule has 4 nitrogen and oxygen atoms in total. The Bertz CT molecular complexity index is 772. The Hall–Kier alpha value is -2.47. The Morgan fingerprint density at radius 2 is 1.92 bits per heavy atom. The van der Waals surface area contributed by atoms with Crippen molar-refractivity contribution in [1.82, 2.24) is 0 Å². The zero-order chi connectivity index (χ0) is 17.5. The summed E-state index contributed by atoms with van der Waals surface area (Å²) in [5.41, 5.74) is 1.23. The van der Waals surface area contributed by atoms with Crippen molar-refractivity contribution in [2.75, 3.05) is 11.9 Å². The minimum Gasteiger partial charge on any atom is -0.462 e.